The van der Waals surface area contributed by atoms with E-state index in [1.54, 1.807) is 0 Å². The number of piperazine rings is 1. The molecule has 3 aromatic rings. The van der Waals surface area contributed by atoms with E-state index in [9.17, 15) is 0 Å². The van der Waals surface area contributed by atoms with Crippen LogP contribution < -0.4 is 4.90 Å². The SMILES string of the molecule is CCc1nn(-c2cccc(C)c2)c(N2CCN(C)CC2)c1CN(C[C@@H](C)c1ccccc1)C1CC1. The van der Waals surface area contributed by atoms with Gasteiger partial charge in [-0.2, -0.15) is 5.10 Å². The molecule has 0 unspecified atom stereocenters. The maximum atomic E-state index is 5.24. The van der Waals surface area contributed by atoms with E-state index in [1.165, 1.54) is 46.7 Å². The Hall–Kier alpha value is -2.63. The van der Waals surface area contributed by atoms with E-state index in [-0.39, 0.29) is 0 Å². The second-order valence-electron chi connectivity index (χ2n) is 10.6. The van der Waals surface area contributed by atoms with Crippen molar-refractivity contribution >= 4 is 5.82 Å². The first-order valence-electron chi connectivity index (χ1n) is 13.4. The van der Waals surface area contributed by atoms with E-state index in [1.807, 2.05) is 0 Å². The highest BCUT2D eigenvalue weighted by molar-refractivity contribution is 5.56. The summed E-state index contributed by atoms with van der Waals surface area (Å²) < 4.78 is 2.25. The zero-order chi connectivity index (χ0) is 24.4. The Kier molecular flexibility index (Phi) is 7.26. The summed E-state index contributed by atoms with van der Waals surface area (Å²) in [5.74, 6) is 1.83. The Balaban J connectivity index is 1.51. The lowest BCUT2D eigenvalue weighted by Crippen LogP contribution is -2.45. The number of benzene rings is 2. The molecule has 1 aliphatic carbocycles. The van der Waals surface area contributed by atoms with Gasteiger partial charge in [0.25, 0.3) is 0 Å². The Labute approximate surface area is 211 Å². The summed E-state index contributed by atoms with van der Waals surface area (Å²) in [5.41, 5.74) is 6.57. The molecule has 2 fully saturated rings. The van der Waals surface area contributed by atoms with Gasteiger partial charge in [-0.3, -0.25) is 4.90 Å². The molecular formula is C30H41N5. The molecular weight excluding hydrogens is 430 g/mol. The summed E-state index contributed by atoms with van der Waals surface area (Å²) >= 11 is 0. The Morgan fingerprint density at radius 2 is 1.74 bits per heavy atom. The van der Waals surface area contributed by atoms with Gasteiger partial charge in [-0.25, -0.2) is 4.68 Å². The lowest BCUT2D eigenvalue weighted by atomic mass is 10.00. The number of hydrogen-bond donors (Lipinski definition) is 0. The molecule has 5 heteroatoms. The van der Waals surface area contributed by atoms with Gasteiger partial charge in [0.2, 0.25) is 0 Å². The summed E-state index contributed by atoms with van der Waals surface area (Å²) in [6.45, 7) is 13.2. The fourth-order valence-corrected chi connectivity index (χ4v) is 5.44. The van der Waals surface area contributed by atoms with Crippen LogP contribution in [0.25, 0.3) is 5.69 Å². The zero-order valence-electron chi connectivity index (χ0n) is 22.0. The van der Waals surface area contributed by atoms with Crippen molar-refractivity contribution in [2.24, 2.45) is 0 Å². The lowest BCUT2D eigenvalue weighted by molar-refractivity contribution is 0.241. The quantitative estimate of drug-likeness (QED) is 0.425. The fraction of sp³-hybridized carbons (Fsp3) is 0.500. The number of aromatic nitrogens is 2. The predicted molar refractivity (Wildman–Crippen MR) is 146 cm³/mol. The van der Waals surface area contributed by atoms with E-state index in [0.29, 0.717) is 12.0 Å². The number of likely N-dealkylation sites (N-methyl/N-ethyl adjacent to an activating group) is 1. The van der Waals surface area contributed by atoms with E-state index in [4.69, 9.17) is 5.10 Å². The van der Waals surface area contributed by atoms with Crippen LogP contribution in [-0.4, -0.2) is 65.4 Å². The van der Waals surface area contributed by atoms with Crippen molar-refractivity contribution in [2.45, 2.75) is 58.5 Å². The molecule has 0 bridgehead atoms. The molecule has 1 aromatic heterocycles. The molecule has 2 aromatic carbocycles. The van der Waals surface area contributed by atoms with Gasteiger partial charge in [0.05, 0.1) is 11.4 Å². The summed E-state index contributed by atoms with van der Waals surface area (Å²) in [5, 5.41) is 5.24. The van der Waals surface area contributed by atoms with Crippen LogP contribution in [-0.2, 0) is 13.0 Å². The van der Waals surface area contributed by atoms with Gasteiger partial charge in [-0.05, 0) is 62.4 Å². The van der Waals surface area contributed by atoms with Gasteiger partial charge in [-0.15, -0.1) is 0 Å². The monoisotopic (exact) mass is 471 g/mol. The molecule has 0 radical (unpaired) electrons. The largest absolute Gasteiger partial charge is 0.354 e. The molecule has 0 amide bonds. The van der Waals surface area contributed by atoms with E-state index >= 15 is 0 Å². The third kappa shape index (κ3) is 5.46. The van der Waals surface area contributed by atoms with Crippen molar-refractivity contribution in [1.29, 1.82) is 0 Å². The van der Waals surface area contributed by atoms with Crippen LogP contribution in [0.5, 0.6) is 0 Å². The summed E-state index contributed by atoms with van der Waals surface area (Å²) in [6, 6.07) is 20.5. The van der Waals surface area contributed by atoms with E-state index in [0.717, 1.165) is 45.7 Å². The lowest BCUT2D eigenvalue weighted by Gasteiger charge is -2.35. The van der Waals surface area contributed by atoms with Crippen molar-refractivity contribution in [3.8, 4) is 5.69 Å². The van der Waals surface area contributed by atoms with Crippen LogP contribution in [0.2, 0.25) is 0 Å². The predicted octanol–water partition coefficient (Wildman–Crippen LogP) is 5.26. The van der Waals surface area contributed by atoms with Crippen LogP contribution in [0, 0.1) is 6.92 Å². The van der Waals surface area contributed by atoms with Gasteiger partial charge in [0, 0.05) is 50.9 Å². The summed E-state index contributed by atoms with van der Waals surface area (Å²) in [4.78, 5) is 7.77. The number of aryl methyl sites for hydroxylation is 2. The van der Waals surface area contributed by atoms with Crippen molar-refractivity contribution in [2.75, 3.05) is 44.7 Å². The molecule has 1 aliphatic heterocycles. The maximum Gasteiger partial charge on any atom is 0.137 e. The minimum absolute atomic E-state index is 0.515. The summed E-state index contributed by atoms with van der Waals surface area (Å²) in [7, 11) is 2.23. The highest BCUT2D eigenvalue weighted by atomic mass is 15.4. The first kappa shape index (κ1) is 24.1. The Morgan fingerprint density at radius 1 is 1.00 bits per heavy atom. The fourth-order valence-electron chi connectivity index (χ4n) is 5.44. The third-order valence-electron chi connectivity index (χ3n) is 7.72. The average Bonchev–Trinajstić information content (AvgIpc) is 3.66. The maximum absolute atomic E-state index is 5.24. The molecule has 35 heavy (non-hydrogen) atoms. The van der Waals surface area contributed by atoms with Crippen molar-refractivity contribution in [3.05, 3.63) is 77.0 Å². The van der Waals surface area contributed by atoms with E-state index < -0.39 is 0 Å². The van der Waals surface area contributed by atoms with Crippen LogP contribution in [0.15, 0.2) is 54.6 Å². The second-order valence-corrected chi connectivity index (χ2v) is 10.6. The number of anilines is 1. The van der Waals surface area contributed by atoms with Crippen LogP contribution in [0.3, 0.4) is 0 Å². The van der Waals surface area contributed by atoms with Gasteiger partial charge in [0.15, 0.2) is 0 Å². The number of nitrogens with zero attached hydrogens (tertiary/aromatic N) is 5. The Morgan fingerprint density at radius 3 is 2.40 bits per heavy atom. The molecule has 1 saturated carbocycles. The Bertz CT molecular complexity index is 1110. The van der Waals surface area contributed by atoms with Crippen molar-refractivity contribution < 1.29 is 0 Å². The number of hydrogen-bond acceptors (Lipinski definition) is 4. The van der Waals surface area contributed by atoms with Gasteiger partial charge < -0.3 is 9.80 Å². The zero-order valence-corrected chi connectivity index (χ0v) is 22.0. The highest BCUT2D eigenvalue weighted by Gasteiger charge is 2.33. The topological polar surface area (TPSA) is 27.5 Å². The third-order valence-corrected chi connectivity index (χ3v) is 7.72. The minimum atomic E-state index is 0.515. The molecule has 186 valence electrons. The molecule has 2 aliphatic rings. The van der Waals surface area contributed by atoms with Crippen LogP contribution in [0.1, 0.15) is 55.0 Å². The van der Waals surface area contributed by atoms with E-state index in [2.05, 4.69) is 102 Å². The van der Waals surface area contributed by atoms with Gasteiger partial charge in [0.1, 0.15) is 5.82 Å². The highest BCUT2D eigenvalue weighted by Crippen LogP contribution is 2.35. The first-order chi connectivity index (χ1) is 17.0. The van der Waals surface area contributed by atoms with Crippen LogP contribution >= 0.6 is 0 Å². The molecule has 2 heterocycles. The molecule has 0 N–H and O–H groups in total. The average molecular weight is 472 g/mol. The molecule has 5 nitrogen and oxygen atoms in total. The molecule has 1 saturated heterocycles. The van der Waals surface area contributed by atoms with Crippen LogP contribution in [0.4, 0.5) is 5.82 Å². The van der Waals surface area contributed by atoms with Crippen molar-refractivity contribution in [3.63, 3.8) is 0 Å². The molecule has 1 atom stereocenters. The number of rotatable bonds is 9. The van der Waals surface area contributed by atoms with Gasteiger partial charge in [-0.1, -0.05) is 56.3 Å². The summed E-state index contributed by atoms with van der Waals surface area (Å²) in [6.07, 6.45) is 3.60. The molecule has 0 spiro atoms. The minimum Gasteiger partial charge on any atom is -0.354 e. The normalized spacial score (nSPS) is 17.8. The van der Waals surface area contributed by atoms with Gasteiger partial charge >= 0.3 is 0 Å². The standard InChI is InChI=1S/C30H41N5/c1-5-29-28(22-34(26-14-15-26)21-24(3)25-11-7-6-8-12-25)30(33-18-16-32(4)17-19-33)35(31-29)27-13-9-10-23(2)20-27/h6-13,20,24,26H,5,14-19,21-22H2,1-4H3/t24-/m1/s1. The second kappa shape index (κ2) is 10.5. The molecule has 5 rings (SSSR count). The first-order valence-corrected chi connectivity index (χ1v) is 13.4. The van der Waals surface area contributed by atoms with Crippen molar-refractivity contribution in [1.82, 2.24) is 19.6 Å². The smallest absolute Gasteiger partial charge is 0.137 e.